The molecule has 3 rings (SSSR count). The second-order valence-electron chi connectivity index (χ2n) is 3.23. The fourth-order valence-electron chi connectivity index (χ4n) is 1.78. The zero-order chi connectivity index (χ0) is 9.54. The van der Waals surface area contributed by atoms with Crippen LogP contribution in [0.1, 0.15) is 0 Å². The third-order valence-electron chi connectivity index (χ3n) is 2.41. The van der Waals surface area contributed by atoms with Gasteiger partial charge in [0.15, 0.2) is 0 Å². The Labute approximate surface area is 80.2 Å². The summed E-state index contributed by atoms with van der Waals surface area (Å²) in [5, 5.41) is 11.7. The molecule has 3 aromatic rings. The van der Waals surface area contributed by atoms with E-state index < -0.39 is 0 Å². The quantitative estimate of drug-likeness (QED) is 0.545. The lowest BCUT2D eigenvalue weighted by atomic mass is 10.1. The van der Waals surface area contributed by atoms with Gasteiger partial charge in [0.05, 0.1) is 11.0 Å². The van der Waals surface area contributed by atoms with Gasteiger partial charge < -0.3 is 5.21 Å². The third kappa shape index (κ3) is 0.836. The molecule has 0 unspecified atom stereocenters. The average molecular weight is 184 g/mol. The summed E-state index contributed by atoms with van der Waals surface area (Å²) in [6.45, 7) is 0. The minimum Gasteiger partial charge on any atom is -0.428 e. The topological polar surface area (TPSA) is 38.0 Å². The van der Waals surface area contributed by atoms with Crippen molar-refractivity contribution in [3.8, 4) is 0 Å². The Balaban J connectivity index is 2.67. The van der Waals surface area contributed by atoms with Gasteiger partial charge in [0.2, 0.25) is 0 Å². The van der Waals surface area contributed by atoms with Gasteiger partial charge in [0.25, 0.3) is 0 Å². The molecule has 0 aliphatic heterocycles. The molecule has 14 heavy (non-hydrogen) atoms. The van der Waals surface area contributed by atoms with Crippen LogP contribution >= 0.6 is 0 Å². The maximum atomic E-state index is 9.68. The predicted octanol–water partition coefficient (Wildman–Crippen LogP) is 2.43. The maximum Gasteiger partial charge on any atom is 0.0959 e. The number of hydrogen-bond donors (Lipinski definition) is 1. The lowest BCUT2D eigenvalue weighted by molar-refractivity contribution is 0.199. The summed E-state index contributed by atoms with van der Waals surface area (Å²) in [4.78, 5) is 4.19. The highest BCUT2D eigenvalue weighted by Crippen LogP contribution is 2.23. The van der Waals surface area contributed by atoms with Crippen molar-refractivity contribution in [3.63, 3.8) is 0 Å². The summed E-state index contributed by atoms with van der Waals surface area (Å²) in [5.74, 6) is 0. The highest BCUT2D eigenvalue weighted by Gasteiger charge is 2.03. The van der Waals surface area contributed by atoms with E-state index >= 15 is 0 Å². The maximum absolute atomic E-state index is 9.68. The van der Waals surface area contributed by atoms with Crippen LogP contribution in [0.5, 0.6) is 0 Å². The summed E-state index contributed by atoms with van der Waals surface area (Å²) in [6, 6.07) is 9.60. The minimum atomic E-state index is 0.808. The van der Waals surface area contributed by atoms with Crippen molar-refractivity contribution in [2.24, 2.45) is 0 Å². The summed E-state index contributed by atoms with van der Waals surface area (Å²) in [5.41, 5.74) is 1.72. The van der Waals surface area contributed by atoms with Crippen LogP contribution in [-0.4, -0.2) is 14.9 Å². The molecule has 0 atom stereocenters. The monoisotopic (exact) mass is 184 g/mol. The molecule has 2 aromatic heterocycles. The van der Waals surface area contributed by atoms with E-state index in [9.17, 15) is 5.21 Å². The molecule has 1 N–H and O–H groups in total. The summed E-state index contributed by atoms with van der Waals surface area (Å²) in [6.07, 6.45) is 3.37. The van der Waals surface area contributed by atoms with Crippen LogP contribution in [-0.2, 0) is 0 Å². The van der Waals surface area contributed by atoms with E-state index in [1.54, 1.807) is 12.4 Å². The first kappa shape index (κ1) is 7.38. The van der Waals surface area contributed by atoms with Crippen molar-refractivity contribution >= 4 is 21.8 Å². The SMILES string of the molecule is On1cccc2ccc3nccc3c21. The first-order valence-electron chi connectivity index (χ1n) is 4.40. The first-order valence-corrected chi connectivity index (χ1v) is 4.40. The molecule has 0 saturated carbocycles. The van der Waals surface area contributed by atoms with E-state index in [1.807, 2.05) is 30.3 Å². The molecule has 3 nitrogen and oxygen atoms in total. The van der Waals surface area contributed by atoms with E-state index in [-0.39, 0.29) is 0 Å². The molecule has 0 aliphatic carbocycles. The largest absolute Gasteiger partial charge is 0.428 e. The normalized spacial score (nSPS) is 11.1. The van der Waals surface area contributed by atoms with Crippen molar-refractivity contribution in [2.75, 3.05) is 0 Å². The van der Waals surface area contributed by atoms with Crippen molar-refractivity contribution in [1.82, 2.24) is 9.71 Å². The van der Waals surface area contributed by atoms with Crippen molar-refractivity contribution < 1.29 is 5.21 Å². The smallest absolute Gasteiger partial charge is 0.0959 e. The van der Waals surface area contributed by atoms with E-state index in [0.29, 0.717) is 0 Å². The van der Waals surface area contributed by atoms with Gasteiger partial charge in [0, 0.05) is 23.2 Å². The van der Waals surface area contributed by atoms with Crippen LogP contribution in [0.2, 0.25) is 0 Å². The number of fused-ring (bicyclic) bond motifs is 3. The molecule has 3 heteroatoms. The molecular weight excluding hydrogens is 176 g/mol. The number of aromatic nitrogens is 2. The van der Waals surface area contributed by atoms with Crippen LogP contribution < -0.4 is 0 Å². The Hall–Kier alpha value is -2.03. The fourth-order valence-corrected chi connectivity index (χ4v) is 1.78. The second-order valence-corrected chi connectivity index (χ2v) is 3.23. The molecule has 0 fully saturated rings. The van der Waals surface area contributed by atoms with Gasteiger partial charge in [-0.3, -0.25) is 4.98 Å². The highest BCUT2D eigenvalue weighted by atomic mass is 16.5. The molecule has 0 radical (unpaired) electrons. The lowest BCUT2D eigenvalue weighted by Gasteiger charge is -2.04. The number of pyridine rings is 1. The zero-order valence-electron chi connectivity index (χ0n) is 7.38. The van der Waals surface area contributed by atoms with E-state index in [1.165, 1.54) is 0 Å². The van der Waals surface area contributed by atoms with Gasteiger partial charge in [-0.05, 0) is 18.2 Å². The number of nitrogens with zero attached hydrogens (tertiary/aromatic N) is 2. The summed E-state index contributed by atoms with van der Waals surface area (Å²) >= 11 is 0. The van der Waals surface area contributed by atoms with Crippen LogP contribution in [0.25, 0.3) is 21.8 Å². The zero-order valence-corrected chi connectivity index (χ0v) is 7.38. The first-order chi connectivity index (χ1) is 6.86. The number of hydrogen-bond acceptors (Lipinski definition) is 2. The molecule has 0 amide bonds. The highest BCUT2D eigenvalue weighted by molar-refractivity contribution is 6.04. The third-order valence-corrected chi connectivity index (χ3v) is 2.41. The molecule has 0 saturated heterocycles. The van der Waals surface area contributed by atoms with Gasteiger partial charge in [-0.25, -0.2) is 0 Å². The standard InChI is InChI=1S/C11H8N2O/c14-13-7-1-2-8-3-4-10-9(11(8)13)5-6-12-10/h1-7,14H. The Morgan fingerprint density at radius 2 is 2.07 bits per heavy atom. The number of benzene rings is 1. The molecule has 0 spiro atoms. The van der Waals surface area contributed by atoms with E-state index in [0.717, 1.165) is 26.5 Å². The Morgan fingerprint density at radius 1 is 1.14 bits per heavy atom. The molecule has 1 aromatic carbocycles. The average Bonchev–Trinajstić information content (AvgIpc) is 2.65. The van der Waals surface area contributed by atoms with Gasteiger partial charge in [-0.15, -0.1) is 0 Å². The van der Waals surface area contributed by atoms with Crippen LogP contribution in [0, 0.1) is 0 Å². The van der Waals surface area contributed by atoms with Gasteiger partial charge >= 0.3 is 0 Å². The second kappa shape index (κ2) is 2.48. The number of rotatable bonds is 0. The summed E-state index contributed by atoms with van der Waals surface area (Å²) in [7, 11) is 0. The Bertz CT molecular complexity index is 613. The molecule has 0 aliphatic rings. The minimum absolute atomic E-state index is 0.808. The van der Waals surface area contributed by atoms with E-state index in [2.05, 4.69) is 4.98 Å². The van der Waals surface area contributed by atoms with Crippen molar-refractivity contribution in [3.05, 3.63) is 42.7 Å². The Kier molecular flexibility index (Phi) is 1.31. The predicted molar refractivity (Wildman–Crippen MR) is 54.4 cm³/mol. The molecular formula is C11H8N2O. The van der Waals surface area contributed by atoms with Gasteiger partial charge in [-0.2, -0.15) is 4.73 Å². The molecule has 0 bridgehead atoms. The van der Waals surface area contributed by atoms with Crippen LogP contribution in [0.15, 0.2) is 42.7 Å². The molecule has 68 valence electrons. The molecule has 2 heterocycles. The van der Waals surface area contributed by atoms with Crippen molar-refractivity contribution in [1.29, 1.82) is 0 Å². The van der Waals surface area contributed by atoms with Gasteiger partial charge in [0.1, 0.15) is 0 Å². The Morgan fingerprint density at radius 3 is 3.00 bits per heavy atom. The fraction of sp³-hybridized carbons (Fsp3) is 0. The van der Waals surface area contributed by atoms with Crippen LogP contribution in [0.4, 0.5) is 0 Å². The van der Waals surface area contributed by atoms with Crippen LogP contribution in [0.3, 0.4) is 0 Å². The lowest BCUT2D eigenvalue weighted by Crippen LogP contribution is -1.93. The summed E-state index contributed by atoms with van der Waals surface area (Å²) < 4.78 is 1.14. The van der Waals surface area contributed by atoms with Gasteiger partial charge in [-0.1, -0.05) is 12.1 Å². The van der Waals surface area contributed by atoms with E-state index in [4.69, 9.17) is 0 Å². The van der Waals surface area contributed by atoms with Crippen molar-refractivity contribution in [2.45, 2.75) is 0 Å².